The van der Waals surface area contributed by atoms with E-state index in [0.29, 0.717) is 0 Å². The highest BCUT2D eigenvalue weighted by molar-refractivity contribution is 5.72. The van der Waals surface area contributed by atoms with Crippen LogP contribution in [0, 0.1) is 11.8 Å². The zero-order chi connectivity index (χ0) is 15.4. The van der Waals surface area contributed by atoms with Gasteiger partial charge in [-0.05, 0) is 38.0 Å². The molecular formula is C17H32N2O2. The minimum Gasteiger partial charge on any atom is -0.480 e. The lowest BCUT2D eigenvalue weighted by molar-refractivity contribution is -0.143. The molecule has 3 atom stereocenters. The highest BCUT2D eigenvalue weighted by Crippen LogP contribution is 2.31. The number of piperazine rings is 1. The van der Waals surface area contributed by atoms with Crippen molar-refractivity contribution < 1.29 is 9.90 Å². The average Bonchev–Trinajstić information content (AvgIpc) is 2.72. The third-order valence-electron chi connectivity index (χ3n) is 5.70. The Bertz CT molecular complexity index is 338. The quantitative estimate of drug-likeness (QED) is 0.810. The van der Waals surface area contributed by atoms with Gasteiger partial charge in [0.2, 0.25) is 0 Å². The van der Waals surface area contributed by atoms with E-state index in [1.807, 2.05) is 0 Å². The predicted molar refractivity (Wildman–Crippen MR) is 85.4 cm³/mol. The summed E-state index contributed by atoms with van der Waals surface area (Å²) in [5.41, 5.74) is 0. The first kappa shape index (κ1) is 16.8. The van der Waals surface area contributed by atoms with E-state index < -0.39 is 5.97 Å². The van der Waals surface area contributed by atoms with E-state index in [-0.39, 0.29) is 6.04 Å². The van der Waals surface area contributed by atoms with Crippen LogP contribution in [-0.2, 0) is 4.79 Å². The van der Waals surface area contributed by atoms with Gasteiger partial charge in [0.15, 0.2) is 0 Å². The molecule has 0 spiro atoms. The number of aliphatic carboxylic acids is 1. The van der Waals surface area contributed by atoms with E-state index in [0.717, 1.165) is 44.1 Å². The summed E-state index contributed by atoms with van der Waals surface area (Å²) >= 11 is 0. The second kappa shape index (κ2) is 7.59. The molecule has 1 saturated heterocycles. The van der Waals surface area contributed by atoms with Gasteiger partial charge in [-0.1, -0.05) is 26.7 Å². The van der Waals surface area contributed by atoms with Crippen molar-refractivity contribution in [2.45, 2.75) is 65.0 Å². The molecule has 0 aromatic carbocycles. The van der Waals surface area contributed by atoms with Gasteiger partial charge in [-0.2, -0.15) is 0 Å². The Kier molecular flexibility index (Phi) is 6.06. The van der Waals surface area contributed by atoms with Crippen LogP contribution in [0.15, 0.2) is 0 Å². The summed E-state index contributed by atoms with van der Waals surface area (Å²) < 4.78 is 0. The summed E-state index contributed by atoms with van der Waals surface area (Å²) in [5, 5.41) is 9.11. The van der Waals surface area contributed by atoms with Gasteiger partial charge < -0.3 is 5.11 Å². The molecule has 0 radical (unpaired) electrons. The molecule has 1 aliphatic carbocycles. The lowest BCUT2D eigenvalue weighted by Crippen LogP contribution is -2.54. The van der Waals surface area contributed by atoms with Crippen LogP contribution in [0.3, 0.4) is 0 Å². The molecule has 4 heteroatoms. The Morgan fingerprint density at radius 1 is 1.00 bits per heavy atom. The largest absolute Gasteiger partial charge is 0.480 e. The molecule has 0 amide bonds. The molecule has 21 heavy (non-hydrogen) atoms. The van der Waals surface area contributed by atoms with E-state index in [1.54, 1.807) is 6.92 Å². The van der Waals surface area contributed by atoms with Crippen LogP contribution in [0.5, 0.6) is 0 Å². The fraction of sp³-hybridized carbons (Fsp3) is 0.941. The molecule has 1 aliphatic heterocycles. The monoisotopic (exact) mass is 296 g/mol. The van der Waals surface area contributed by atoms with Crippen molar-refractivity contribution >= 4 is 5.97 Å². The van der Waals surface area contributed by atoms with Gasteiger partial charge in [0.25, 0.3) is 0 Å². The molecule has 4 nitrogen and oxygen atoms in total. The minimum atomic E-state index is -0.697. The average molecular weight is 296 g/mol. The molecule has 1 saturated carbocycles. The first-order valence-electron chi connectivity index (χ1n) is 8.70. The Morgan fingerprint density at radius 3 is 2.24 bits per heavy atom. The topological polar surface area (TPSA) is 43.8 Å². The van der Waals surface area contributed by atoms with Gasteiger partial charge >= 0.3 is 5.97 Å². The lowest BCUT2D eigenvalue weighted by atomic mass is 9.89. The molecule has 2 rings (SSSR count). The molecule has 2 fully saturated rings. The number of nitrogens with zero attached hydrogens (tertiary/aromatic N) is 2. The Labute approximate surface area is 129 Å². The highest BCUT2D eigenvalue weighted by atomic mass is 16.4. The van der Waals surface area contributed by atoms with Gasteiger partial charge in [-0.15, -0.1) is 0 Å². The van der Waals surface area contributed by atoms with Crippen molar-refractivity contribution in [1.29, 1.82) is 0 Å². The molecule has 0 bridgehead atoms. The summed E-state index contributed by atoms with van der Waals surface area (Å²) in [6.45, 7) is 10.4. The highest BCUT2D eigenvalue weighted by Gasteiger charge is 2.30. The van der Waals surface area contributed by atoms with Gasteiger partial charge in [-0.3, -0.25) is 14.6 Å². The molecule has 0 aromatic rings. The standard InChI is InChI=1S/C17H32N2O2/c1-13(2)15-5-4-6-16(8-7-15)19-11-9-18(10-12-19)14(3)17(20)21/h13-16H,4-12H2,1-3H3,(H,20,21). The second-order valence-electron chi connectivity index (χ2n) is 7.25. The normalized spacial score (nSPS) is 31.0. The smallest absolute Gasteiger partial charge is 0.320 e. The van der Waals surface area contributed by atoms with Crippen molar-refractivity contribution in [3.63, 3.8) is 0 Å². The number of hydrogen-bond donors (Lipinski definition) is 1. The van der Waals surface area contributed by atoms with E-state index >= 15 is 0 Å². The lowest BCUT2D eigenvalue weighted by Gasteiger charge is -2.40. The fourth-order valence-electron chi connectivity index (χ4n) is 3.99. The first-order chi connectivity index (χ1) is 9.99. The summed E-state index contributed by atoms with van der Waals surface area (Å²) in [6, 6.07) is 0.391. The van der Waals surface area contributed by atoms with Gasteiger partial charge in [0.1, 0.15) is 6.04 Å². The predicted octanol–water partition coefficient (Wildman–Crippen LogP) is 2.68. The number of rotatable bonds is 4. The second-order valence-corrected chi connectivity index (χ2v) is 7.25. The van der Waals surface area contributed by atoms with Crippen LogP contribution in [-0.4, -0.2) is 59.1 Å². The van der Waals surface area contributed by atoms with Crippen LogP contribution in [0.2, 0.25) is 0 Å². The van der Waals surface area contributed by atoms with Crippen LogP contribution < -0.4 is 0 Å². The van der Waals surface area contributed by atoms with Crippen LogP contribution in [0.25, 0.3) is 0 Å². The molecule has 0 aromatic heterocycles. The molecular weight excluding hydrogens is 264 g/mol. The van der Waals surface area contributed by atoms with Crippen LogP contribution in [0.4, 0.5) is 0 Å². The van der Waals surface area contributed by atoms with Crippen molar-refractivity contribution in [3.05, 3.63) is 0 Å². The number of carboxylic acids is 1. The molecule has 1 heterocycles. The molecule has 2 aliphatic rings. The van der Waals surface area contributed by atoms with E-state index in [9.17, 15) is 4.79 Å². The van der Waals surface area contributed by atoms with Gasteiger partial charge in [0.05, 0.1) is 0 Å². The number of carbonyl (C=O) groups is 1. The zero-order valence-corrected chi connectivity index (χ0v) is 13.9. The summed E-state index contributed by atoms with van der Waals surface area (Å²) in [4.78, 5) is 15.8. The molecule has 3 unspecified atom stereocenters. The summed E-state index contributed by atoms with van der Waals surface area (Å²) in [7, 11) is 0. The van der Waals surface area contributed by atoms with Crippen molar-refractivity contribution in [2.24, 2.45) is 11.8 Å². The van der Waals surface area contributed by atoms with Crippen LogP contribution >= 0.6 is 0 Å². The Hall–Kier alpha value is -0.610. The molecule has 1 N–H and O–H groups in total. The van der Waals surface area contributed by atoms with Gasteiger partial charge in [-0.25, -0.2) is 0 Å². The SMILES string of the molecule is CC(C)C1CCCC(N2CCN(C(C)C(=O)O)CC2)CC1. The summed E-state index contributed by atoms with van der Waals surface area (Å²) in [6.07, 6.45) is 6.78. The Balaban J connectivity index is 1.81. The number of hydrogen-bond acceptors (Lipinski definition) is 3. The fourth-order valence-corrected chi connectivity index (χ4v) is 3.99. The van der Waals surface area contributed by atoms with Gasteiger partial charge in [0, 0.05) is 32.2 Å². The Morgan fingerprint density at radius 2 is 1.67 bits per heavy atom. The van der Waals surface area contributed by atoms with E-state index in [2.05, 4.69) is 23.6 Å². The van der Waals surface area contributed by atoms with Crippen molar-refractivity contribution in [3.8, 4) is 0 Å². The van der Waals surface area contributed by atoms with E-state index in [4.69, 9.17) is 5.11 Å². The maximum atomic E-state index is 11.1. The first-order valence-corrected chi connectivity index (χ1v) is 8.70. The maximum Gasteiger partial charge on any atom is 0.320 e. The van der Waals surface area contributed by atoms with Crippen molar-refractivity contribution in [1.82, 2.24) is 9.80 Å². The van der Waals surface area contributed by atoms with E-state index in [1.165, 1.54) is 32.1 Å². The third kappa shape index (κ3) is 4.43. The van der Waals surface area contributed by atoms with Crippen LogP contribution in [0.1, 0.15) is 52.9 Å². The molecule has 122 valence electrons. The number of carboxylic acid groups (broad SMARTS) is 1. The zero-order valence-electron chi connectivity index (χ0n) is 13.9. The minimum absolute atomic E-state index is 0.341. The summed E-state index contributed by atoms with van der Waals surface area (Å²) in [5.74, 6) is 1.03. The van der Waals surface area contributed by atoms with Crippen molar-refractivity contribution in [2.75, 3.05) is 26.2 Å². The maximum absolute atomic E-state index is 11.1. The third-order valence-corrected chi connectivity index (χ3v) is 5.70.